The van der Waals surface area contributed by atoms with E-state index in [2.05, 4.69) is 10.3 Å². The number of hydrogen-bond acceptors (Lipinski definition) is 3. The van der Waals surface area contributed by atoms with Crippen LogP contribution >= 0.6 is 11.8 Å². The highest BCUT2D eigenvalue weighted by Gasteiger charge is 2.19. The van der Waals surface area contributed by atoms with Crippen molar-refractivity contribution < 1.29 is 4.79 Å². The fourth-order valence-electron chi connectivity index (χ4n) is 2.18. The van der Waals surface area contributed by atoms with Crippen molar-refractivity contribution in [1.82, 2.24) is 10.3 Å². The van der Waals surface area contributed by atoms with Gasteiger partial charge >= 0.3 is 0 Å². The second kappa shape index (κ2) is 4.57. The lowest BCUT2D eigenvalue weighted by atomic mass is 10.2. The van der Waals surface area contributed by atoms with E-state index in [-0.39, 0.29) is 5.91 Å². The number of amides is 1. The Kier molecular flexibility index (Phi) is 2.91. The summed E-state index contributed by atoms with van der Waals surface area (Å²) in [6.45, 7) is 0. The van der Waals surface area contributed by atoms with E-state index >= 15 is 0 Å². The molecule has 0 saturated carbocycles. The van der Waals surface area contributed by atoms with Crippen molar-refractivity contribution in [3.8, 4) is 0 Å². The summed E-state index contributed by atoms with van der Waals surface area (Å²) >= 11 is 1.88. The summed E-state index contributed by atoms with van der Waals surface area (Å²) in [6, 6.07) is 7.75. The van der Waals surface area contributed by atoms with Crippen LogP contribution < -0.4 is 11.1 Å². The lowest BCUT2D eigenvalue weighted by Gasteiger charge is -2.09. The molecule has 1 atom stereocenters. The van der Waals surface area contributed by atoms with Crippen molar-refractivity contribution in [3.63, 3.8) is 0 Å². The van der Waals surface area contributed by atoms with Gasteiger partial charge in [-0.05, 0) is 36.4 Å². The van der Waals surface area contributed by atoms with Gasteiger partial charge in [0.15, 0.2) is 0 Å². The van der Waals surface area contributed by atoms with Crippen LogP contribution in [-0.2, 0) is 0 Å². The Balaban J connectivity index is 1.82. The third-order valence-electron chi connectivity index (χ3n) is 3.15. The zero-order chi connectivity index (χ0) is 12.5. The number of carbonyl (C=O) groups excluding carboxylic acids is 1. The Morgan fingerprint density at radius 3 is 3.11 bits per heavy atom. The largest absolute Gasteiger partial charge is 0.399 e. The number of fused-ring (bicyclic) bond motifs is 1. The van der Waals surface area contributed by atoms with E-state index in [1.165, 1.54) is 0 Å². The third-order valence-corrected chi connectivity index (χ3v) is 4.32. The average molecular weight is 261 g/mol. The van der Waals surface area contributed by atoms with Gasteiger partial charge in [0.25, 0.3) is 5.91 Å². The number of aromatic nitrogens is 1. The Morgan fingerprint density at radius 1 is 1.44 bits per heavy atom. The SMILES string of the molecule is Nc1ccc2[nH]c(C(=O)NC3CCSC3)cc2c1. The predicted octanol–water partition coefficient (Wildman–Crippen LogP) is 1.99. The topological polar surface area (TPSA) is 70.9 Å². The number of aromatic amines is 1. The van der Waals surface area contributed by atoms with E-state index in [0.717, 1.165) is 28.8 Å². The molecule has 1 aromatic heterocycles. The van der Waals surface area contributed by atoms with Gasteiger partial charge in [0.05, 0.1) is 0 Å². The molecule has 0 spiro atoms. The van der Waals surface area contributed by atoms with E-state index in [1.807, 2.05) is 36.0 Å². The highest BCUT2D eigenvalue weighted by Crippen LogP contribution is 2.20. The molecular weight excluding hydrogens is 246 g/mol. The van der Waals surface area contributed by atoms with Crippen LogP contribution in [0.1, 0.15) is 16.9 Å². The predicted molar refractivity (Wildman–Crippen MR) is 75.9 cm³/mol. The highest BCUT2D eigenvalue weighted by molar-refractivity contribution is 7.99. The lowest BCUT2D eigenvalue weighted by Crippen LogP contribution is -2.34. The number of benzene rings is 1. The molecule has 5 heteroatoms. The van der Waals surface area contributed by atoms with Crippen LogP contribution in [-0.4, -0.2) is 28.4 Å². The number of nitrogens with two attached hydrogens (primary N) is 1. The highest BCUT2D eigenvalue weighted by atomic mass is 32.2. The smallest absolute Gasteiger partial charge is 0.267 e. The van der Waals surface area contributed by atoms with Gasteiger partial charge in [-0.3, -0.25) is 4.79 Å². The normalized spacial score (nSPS) is 19.2. The molecule has 1 aliphatic rings. The van der Waals surface area contributed by atoms with E-state index in [1.54, 1.807) is 0 Å². The number of carbonyl (C=O) groups is 1. The molecule has 1 amide bonds. The van der Waals surface area contributed by atoms with Crippen LogP contribution in [0, 0.1) is 0 Å². The first kappa shape index (κ1) is 11.5. The van der Waals surface area contributed by atoms with Crippen LogP contribution in [0.25, 0.3) is 10.9 Å². The molecule has 1 saturated heterocycles. The molecule has 1 aromatic carbocycles. The van der Waals surface area contributed by atoms with E-state index < -0.39 is 0 Å². The summed E-state index contributed by atoms with van der Waals surface area (Å²) in [5.74, 6) is 2.12. The van der Waals surface area contributed by atoms with Gasteiger partial charge in [-0.1, -0.05) is 0 Å². The monoisotopic (exact) mass is 261 g/mol. The fourth-order valence-corrected chi connectivity index (χ4v) is 3.34. The van der Waals surface area contributed by atoms with Crippen LogP contribution in [0.2, 0.25) is 0 Å². The third kappa shape index (κ3) is 2.18. The Morgan fingerprint density at radius 2 is 2.33 bits per heavy atom. The molecular formula is C13H15N3OS. The number of nitrogens with one attached hydrogen (secondary N) is 2. The number of H-pyrrole nitrogens is 1. The van der Waals surface area contributed by atoms with Crippen LogP contribution in [0.5, 0.6) is 0 Å². The molecule has 2 heterocycles. The number of hydrogen-bond donors (Lipinski definition) is 3. The minimum atomic E-state index is -0.0303. The quantitative estimate of drug-likeness (QED) is 0.724. The number of rotatable bonds is 2. The van der Waals surface area contributed by atoms with Gasteiger partial charge in [-0.15, -0.1) is 0 Å². The zero-order valence-electron chi connectivity index (χ0n) is 9.90. The van der Waals surface area contributed by atoms with Gasteiger partial charge in [-0.25, -0.2) is 0 Å². The minimum Gasteiger partial charge on any atom is -0.399 e. The van der Waals surface area contributed by atoms with Crippen molar-refractivity contribution in [2.45, 2.75) is 12.5 Å². The van der Waals surface area contributed by atoms with Crippen molar-refractivity contribution >= 4 is 34.3 Å². The average Bonchev–Trinajstić information content (AvgIpc) is 2.96. The number of anilines is 1. The molecule has 2 aromatic rings. The van der Waals surface area contributed by atoms with Crippen LogP contribution in [0.4, 0.5) is 5.69 Å². The maximum Gasteiger partial charge on any atom is 0.267 e. The van der Waals surface area contributed by atoms with Crippen molar-refractivity contribution in [2.24, 2.45) is 0 Å². The summed E-state index contributed by atoms with van der Waals surface area (Å²) in [4.78, 5) is 15.2. The molecule has 94 valence electrons. The fraction of sp³-hybridized carbons (Fsp3) is 0.308. The summed E-state index contributed by atoms with van der Waals surface area (Å²) in [6.07, 6.45) is 1.06. The molecule has 3 rings (SSSR count). The van der Waals surface area contributed by atoms with Gasteiger partial charge in [-0.2, -0.15) is 11.8 Å². The van der Waals surface area contributed by atoms with Gasteiger partial charge in [0.1, 0.15) is 5.69 Å². The molecule has 1 unspecified atom stereocenters. The van der Waals surface area contributed by atoms with E-state index in [4.69, 9.17) is 5.73 Å². The molecule has 0 aliphatic carbocycles. The first-order valence-corrected chi connectivity index (χ1v) is 7.15. The molecule has 18 heavy (non-hydrogen) atoms. The molecule has 1 aliphatic heterocycles. The summed E-state index contributed by atoms with van der Waals surface area (Å²) in [5, 5.41) is 4.02. The van der Waals surface area contributed by atoms with Gasteiger partial charge in [0.2, 0.25) is 0 Å². The summed E-state index contributed by atoms with van der Waals surface area (Å²) < 4.78 is 0. The maximum atomic E-state index is 12.1. The Hall–Kier alpha value is -1.62. The molecule has 0 bridgehead atoms. The molecule has 0 radical (unpaired) electrons. The molecule has 4 nitrogen and oxygen atoms in total. The van der Waals surface area contributed by atoms with Gasteiger partial charge < -0.3 is 16.0 Å². The second-order valence-electron chi connectivity index (χ2n) is 4.56. The maximum absolute atomic E-state index is 12.1. The second-order valence-corrected chi connectivity index (χ2v) is 5.71. The number of thioether (sulfide) groups is 1. The van der Waals surface area contributed by atoms with E-state index in [0.29, 0.717) is 17.4 Å². The van der Waals surface area contributed by atoms with Crippen molar-refractivity contribution in [2.75, 3.05) is 17.2 Å². The lowest BCUT2D eigenvalue weighted by molar-refractivity contribution is 0.0937. The molecule has 1 fully saturated rings. The van der Waals surface area contributed by atoms with Crippen LogP contribution in [0.3, 0.4) is 0 Å². The first-order chi connectivity index (χ1) is 8.72. The summed E-state index contributed by atoms with van der Waals surface area (Å²) in [5.41, 5.74) is 7.98. The Labute approximate surface area is 109 Å². The zero-order valence-corrected chi connectivity index (χ0v) is 10.7. The number of nitrogen functional groups attached to an aromatic ring is 1. The molecule has 4 N–H and O–H groups in total. The van der Waals surface area contributed by atoms with E-state index in [9.17, 15) is 4.79 Å². The van der Waals surface area contributed by atoms with Gasteiger partial charge in [0, 0.05) is 28.4 Å². The Bertz CT molecular complexity index is 587. The van der Waals surface area contributed by atoms with Crippen molar-refractivity contribution in [1.29, 1.82) is 0 Å². The minimum absolute atomic E-state index is 0.0303. The standard InChI is InChI=1S/C13H15N3OS/c14-9-1-2-11-8(5-9)6-12(16-11)13(17)15-10-3-4-18-7-10/h1-2,5-6,10,16H,3-4,7,14H2,(H,15,17). The first-order valence-electron chi connectivity index (χ1n) is 5.99. The summed E-state index contributed by atoms with van der Waals surface area (Å²) in [7, 11) is 0. The van der Waals surface area contributed by atoms with Crippen molar-refractivity contribution in [3.05, 3.63) is 30.0 Å². The van der Waals surface area contributed by atoms with Crippen LogP contribution in [0.15, 0.2) is 24.3 Å².